The van der Waals surface area contributed by atoms with E-state index in [1.165, 1.54) is 0 Å². The lowest BCUT2D eigenvalue weighted by molar-refractivity contribution is 0.0572. The molecule has 0 aromatic carbocycles. The predicted molar refractivity (Wildman–Crippen MR) is 63.1 cm³/mol. The summed E-state index contributed by atoms with van der Waals surface area (Å²) < 4.78 is 0. The number of aliphatic hydroxyl groups excluding tert-OH is 2. The van der Waals surface area contributed by atoms with Crippen molar-refractivity contribution in [3.63, 3.8) is 0 Å². The van der Waals surface area contributed by atoms with Crippen LogP contribution in [0.5, 0.6) is 0 Å². The highest BCUT2D eigenvalue weighted by atomic mass is 16.3. The van der Waals surface area contributed by atoms with E-state index < -0.39 is 12.2 Å². The van der Waals surface area contributed by atoms with Gasteiger partial charge >= 0.3 is 0 Å². The number of carbonyl (C=O) groups is 1. The topological polar surface area (TPSA) is 76.6 Å². The van der Waals surface area contributed by atoms with Crippen molar-refractivity contribution in [2.24, 2.45) is 0 Å². The van der Waals surface area contributed by atoms with Gasteiger partial charge in [0.05, 0.1) is 18.8 Å². The van der Waals surface area contributed by atoms with Gasteiger partial charge in [-0.25, -0.2) is 0 Å². The molecule has 2 heterocycles. The van der Waals surface area contributed by atoms with Gasteiger partial charge in [0.1, 0.15) is 0 Å². The fourth-order valence-corrected chi connectivity index (χ4v) is 2.28. The maximum absolute atomic E-state index is 12.0. The molecular formula is C12H18N2O3. The molecular weight excluding hydrogens is 220 g/mol. The van der Waals surface area contributed by atoms with Gasteiger partial charge in [0.15, 0.2) is 5.78 Å². The lowest BCUT2D eigenvalue weighted by atomic mass is 10.1. The Morgan fingerprint density at radius 1 is 1.41 bits per heavy atom. The fraction of sp³-hybridized carbons (Fsp3) is 0.583. The van der Waals surface area contributed by atoms with Gasteiger partial charge in [-0.3, -0.25) is 9.69 Å². The van der Waals surface area contributed by atoms with E-state index in [9.17, 15) is 15.0 Å². The minimum atomic E-state index is -0.739. The number of rotatable bonds is 3. The van der Waals surface area contributed by atoms with Crippen LogP contribution in [-0.2, 0) is 0 Å². The van der Waals surface area contributed by atoms with Crippen LogP contribution in [0.2, 0.25) is 0 Å². The number of likely N-dealkylation sites (tertiary alicyclic amines) is 1. The summed E-state index contributed by atoms with van der Waals surface area (Å²) in [5, 5.41) is 18.8. The van der Waals surface area contributed by atoms with Gasteiger partial charge in [-0.1, -0.05) is 0 Å². The second kappa shape index (κ2) is 4.60. The number of H-pyrrole nitrogens is 1. The van der Waals surface area contributed by atoms with Crippen molar-refractivity contribution in [1.82, 2.24) is 9.88 Å². The number of Topliss-reactive ketones (excluding diaryl/α,β-unsaturated/α-hetero) is 1. The summed E-state index contributed by atoms with van der Waals surface area (Å²) in [6.45, 7) is 4.73. The first kappa shape index (κ1) is 12.3. The lowest BCUT2D eigenvalue weighted by Gasteiger charge is -2.13. The maximum atomic E-state index is 12.0. The normalized spacial score (nSPS) is 25.4. The number of aromatic amines is 1. The molecule has 1 aliphatic heterocycles. The monoisotopic (exact) mass is 238 g/mol. The summed E-state index contributed by atoms with van der Waals surface area (Å²) >= 11 is 0. The molecule has 0 amide bonds. The Labute approximate surface area is 100 Å². The molecule has 2 rings (SSSR count). The summed E-state index contributed by atoms with van der Waals surface area (Å²) in [4.78, 5) is 16.9. The Morgan fingerprint density at radius 2 is 2.00 bits per heavy atom. The van der Waals surface area contributed by atoms with Crippen molar-refractivity contribution in [3.8, 4) is 0 Å². The van der Waals surface area contributed by atoms with Crippen LogP contribution in [0.3, 0.4) is 0 Å². The molecule has 1 saturated heterocycles. The third-order valence-electron chi connectivity index (χ3n) is 3.15. The number of aryl methyl sites for hydroxylation is 2. The average molecular weight is 238 g/mol. The molecule has 2 unspecified atom stereocenters. The Morgan fingerprint density at radius 3 is 2.47 bits per heavy atom. The van der Waals surface area contributed by atoms with Crippen LogP contribution in [-0.4, -0.2) is 57.7 Å². The van der Waals surface area contributed by atoms with Crippen LogP contribution in [0.4, 0.5) is 0 Å². The number of aliphatic hydroxyl groups is 2. The van der Waals surface area contributed by atoms with E-state index in [0.717, 1.165) is 11.4 Å². The van der Waals surface area contributed by atoms with E-state index in [1.54, 1.807) is 4.90 Å². The van der Waals surface area contributed by atoms with Gasteiger partial charge in [-0.15, -0.1) is 0 Å². The molecule has 0 bridgehead atoms. The molecule has 1 aliphatic rings. The highest BCUT2D eigenvalue weighted by Gasteiger charge is 2.30. The zero-order chi connectivity index (χ0) is 12.6. The van der Waals surface area contributed by atoms with Crippen LogP contribution in [0.1, 0.15) is 21.7 Å². The van der Waals surface area contributed by atoms with Gasteiger partial charge in [0.2, 0.25) is 0 Å². The van der Waals surface area contributed by atoms with Gasteiger partial charge in [0.25, 0.3) is 0 Å². The molecule has 94 valence electrons. The van der Waals surface area contributed by atoms with Crippen molar-refractivity contribution in [1.29, 1.82) is 0 Å². The molecule has 2 atom stereocenters. The molecule has 1 aromatic heterocycles. The Balaban J connectivity index is 2.01. The van der Waals surface area contributed by atoms with Gasteiger partial charge in [-0.2, -0.15) is 0 Å². The second-order valence-corrected chi connectivity index (χ2v) is 4.74. The highest BCUT2D eigenvalue weighted by Crippen LogP contribution is 2.14. The van der Waals surface area contributed by atoms with E-state index in [2.05, 4.69) is 4.98 Å². The van der Waals surface area contributed by atoms with Crippen LogP contribution < -0.4 is 0 Å². The summed E-state index contributed by atoms with van der Waals surface area (Å²) in [6, 6.07) is 1.83. The third kappa shape index (κ3) is 2.57. The summed E-state index contributed by atoms with van der Waals surface area (Å²) in [6.07, 6.45) is -1.48. The minimum Gasteiger partial charge on any atom is -0.389 e. The average Bonchev–Trinajstić information content (AvgIpc) is 2.71. The van der Waals surface area contributed by atoms with Gasteiger partial charge in [-0.05, 0) is 19.9 Å². The van der Waals surface area contributed by atoms with E-state index in [1.807, 2.05) is 19.9 Å². The highest BCUT2D eigenvalue weighted by molar-refractivity contribution is 5.98. The quantitative estimate of drug-likeness (QED) is 0.640. The number of ketones is 1. The number of aromatic nitrogens is 1. The first-order chi connectivity index (χ1) is 7.97. The van der Waals surface area contributed by atoms with Crippen molar-refractivity contribution < 1.29 is 15.0 Å². The molecule has 0 saturated carbocycles. The van der Waals surface area contributed by atoms with Crippen molar-refractivity contribution in [2.45, 2.75) is 26.1 Å². The third-order valence-corrected chi connectivity index (χ3v) is 3.15. The van der Waals surface area contributed by atoms with E-state index in [0.29, 0.717) is 18.7 Å². The molecule has 17 heavy (non-hydrogen) atoms. The smallest absolute Gasteiger partial charge is 0.178 e. The van der Waals surface area contributed by atoms with Crippen molar-refractivity contribution >= 4 is 5.78 Å². The zero-order valence-electron chi connectivity index (χ0n) is 10.1. The Bertz CT molecular complexity index is 417. The van der Waals surface area contributed by atoms with Crippen molar-refractivity contribution in [3.05, 3.63) is 23.0 Å². The van der Waals surface area contributed by atoms with E-state index >= 15 is 0 Å². The zero-order valence-corrected chi connectivity index (χ0v) is 10.1. The van der Waals surface area contributed by atoms with Crippen molar-refractivity contribution in [2.75, 3.05) is 19.6 Å². The van der Waals surface area contributed by atoms with Gasteiger partial charge < -0.3 is 15.2 Å². The minimum absolute atomic E-state index is 0.0214. The molecule has 0 spiro atoms. The van der Waals surface area contributed by atoms with Crippen LogP contribution >= 0.6 is 0 Å². The molecule has 1 fully saturated rings. The first-order valence-electron chi connectivity index (χ1n) is 5.75. The summed E-state index contributed by atoms with van der Waals surface area (Å²) in [5.74, 6) is 0.0214. The number of β-amino-alcohol motifs (C(OH)–C–C–N with tert-alkyl or cyclic N) is 2. The molecule has 5 heteroatoms. The summed E-state index contributed by atoms with van der Waals surface area (Å²) in [7, 11) is 0. The standard InChI is InChI=1S/C12H18N2O3/c1-7-3-9(8(2)13-7)10(15)4-14-5-11(16)12(17)6-14/h3,11-13,16-17H,4-6H2,1-2H3. The van der Waals surface area contributed by atoms with Crippen LogP contribution in [0.25, 0.3) is 0 Å². The fourth-order valence-electron chi connectivity index (χ4n) is 2.28. The maximum Gasteiger partial charge on any atom is 0.178 e. The molecule has 0 aliphatic carbocycles. The van der Waals surface area contributed by atoms with Gasteiger partial charge in [0, 0.05) is 30.0 Å². The second-order valence-electron chi connectivity index (χ2n) is 4.74. The van der Waals surface area contributed by atoms with Crippen LogP contribution in [0.15, 0.2) is 6.07 Å². The number of hydrogen-bond acceptors (Lipinski definition) is 4. The molecule has 1 aromatic rings. The Hall–Kier alpha value is -1.17. The Kier molecular flexibility index (Phi) is 3.33. The van der Waals surface area contributed by atoms with E-state index in [-0.39, 0.29) is 12.3 Å². The molecule has 5 nitrogen and oxygen atoms in total. The van der Waals surface area contributed by atoms with E-state index in [4.69, 9.17) is 0 Å². The van der Waals surface area contributed by atoms with Crippen LogP contribution in [0, 0.1) is 13.8 Å². The summed E-state index contributed by atoms with van der Waals surface area (Å²) in [5.41, 5.74) is 2.53. The predicted octanol–water partition coefficient (Wildman–Crippen LogP) is -0.148. The lowest BCUT2D eigenvalue weighted by Crippen LogP contribution is -2.29. The first-order valence-corrected chi connectivity index (χ1v) is 5.75. The number of hydrogen-bond donors (Lipinski definition) is 3. The molecule has 3 N–H and O–H groups in total. The number of carbonyl (C=O) groups excluding carboxylic acids is 1. The molecule has 0 radical (unpaired) electrons. The number of nitrogens with zero attached hydrogens (tertiary/aromatic N) is 1. The largest absolute Gasteiger partial charge is 0.389 e. The SMILES string of the molecule is Cc1cc(C(=O)CN2CC(O)C(O)C2)c(C)[nH]1. The number of nitrogens with one attached hydrogen (secondary N) is 1.